The topological polar surface area (TPSA) is 51.2 Å². The highest BCUT2D eigenvalue weighted by atomic mass is 19.3. The van der Waals surface area contributed by atoms with Gasteiger partial charge in [-0.25, -0.2) is 0 Å². The van der Waals surface area contributed by atoms with E-state index >= 15 is 0 Å². The molecule has 1 aromatic heterocycles. The Balaban J connectivity index is 2.03. The number of hydrogen-bond acceptors (Lipinski definition) is 3. The summed E-state index contributed by atoms with van der Waals surface area (Å²) >= 11 is 0. The number of hydrogen-bond donors (Lipinski definition) is 1. The number of aromatic nitrogens is 1. The molecule has 0 radical (unpaired) electrons. The van der Waals surface area contributed by atoms with Crippen LogP contribution in [0, 0.1) is 0 Å². The van der Waals surface area contributed by atoms with Gasteiger partial charge < -0.3 is 10.1 Å². The minimum atomic E-state index is -2.91. The lowest BCUT2D eigenvalue weighted by atomic mass is 10.1. The summed E-state index contributed by atoms with van der Waals surface area (Å²) in [5, 5.41) is 2.71. The Morgan fingerprint density at radius 2 is 2.04 bits per heavy atom. The van der Waals surface area contributed by atoms with Crippen LogP contribution in [0.1, 0.15) is 24.1 Å². The predicted octanol–water partition coefficient (Wildman–Crippen LogP) is 3.57. The van der Waals surface area contributed by atoms with Crippen LogP contribution in [0.4, 0.5) is 8.78 Å². The van der Waals surface area contributed by atoms with Crippen LogP contribution in [0.25, 0.3) is 6.08 Å². The van der Waals surface area contributed by atoms with E-state index in [1.807, 2.05) is 6.07 Å². The minimum absolute atomic E-state index is 0.0477. The number of nitrogens with one attached hydrogen (secondary N) is 1. The Kier molecular flexibility index (Phi) is 5.80. The van der Waals surface area contributed by atoms with Crippen LogP contribution in [0.15, 0.2) is 54.9 Å². The minimum Gasteiger partial charge on any atom is -0.434 e. The van der Waals surface area contributed by atoms with Gasteiger partial charge in [0.25, 0.3) is 0 Å². The quantitative estimate of drug-likeness (QED) is 0.828. The summed E-state index contributed by atoms with van der Waals surface area (Å²) in [5.74, 6) is -0.292. The van der Waals surface area contributed by atoms with Crippen molar-refractivity contribution >= 4 is 12.0 Å². The second-order valence-corrected chi connectivity index (χ2v) is 4.77. The van der Waals surface area contributed by atoms with Crippen molar-refractivity contribution in [1.29, 1.82) is 0 Å². The number of para-hydroxylation sites is 1. The van der Waals surface area contributed by atoms with Crippen molar-refractivity contribution in [2.45, 2.75) is 19.6 Å². The first-order valence-electron chi connectivity index (χ1n) is 6.98. The van der Waals surface area contributed by atoms with E-state index in [9.17, 15) is 13.6 Å². The molecule has 0 spiro atoms. The Labute approximate surface area is 132 Å². The Morgan fingerprint density at radius 3 is 2.74 bits per heavy atom. The zero-order valence-corrected chi connectivity index (χ0v) is 12.4. The number of carbonyl (C=O) groups excluding carboxylic acids is 1. The number of ether oxygens (including phenoxy) is 1. The number of rotatable bonds is 6. The molecule has 1 unspecified atom stereocenters. The fraction of sp³-hybridized carbons (Fsp3) is 0.176. The Morgan fingerprint density at radius 1 is 1.26 bits per heavy atom. The van der Waals surface area contributed by atoms with Gasteiger partial charge in [0.15, 0.2) is 0 Å². The zero-order valence-electron chi connectivity index (χ0n) is 12.4. The van der Waals surface area contributed by atoms with Crippen LogP contribution < -0.4 is 10.1 Å². The average Bonchev–Trinajstić information content (AvgIpc) is 2.54. The summed E-state index contributed by atoms with van der Waals surface area (Å²) in [6.07, 6.45) is 6.25. The Bertz CT molecular complexity index is 675. The molecule has 2 aromatic rings. The van der Waals surface area contributed by atoms with Crippen molar-refractivity contribution in [3.8, 4) is 5.75 Å². The molecule has 1 N–H and O–H groups in total. The lowest BCUT2D eigenvalue weighted by Crippen LogP contribution is -2.25. The largest absolute Gasteiger partial charge is 0.434 e. The van der Waals surface area contributed by atoms with Crippen molar-refractivity contribution in [2.24, 2.45) is 0 Å². The van der Waals surface area contributed by atoms with Gasteiger partial charge >= 0.3 is 6.61 Å². The fourth-order valence-corrected chi connectivity index (χ4v) is 2.03. The molecule has 2 rings (SSSR count). The smallest absolute Gasteiger partial charge is 0.387 e. The second-order valence-electron chi connectivity index (χ2n) is 4.77. The van der Waals surface area contributed by atoms with Crippen LogP contribution >= 0.6 is 0 Å². The van der Waals surface area contributed by atoms with E-state index in [1.54, 1.807) is 49.7 Å². The molecule has 0 aliphatic heterocycles. The van der Waals surface area contributed by atoms with E-state index in [0.717, 1.165) is 5.56 Å². The van der Waals surface area contributed by atoms with Crippen LogP contribution in [-0.2, 0) is 4.79 Å². The van der Waals surface area contributed by atoms with Crippen molar-refractivity contribution in [3.63, 3.8) is 0 Å². The van der Waals surface area contributed by atoms with Crippen molar-refractivity contribution < 1.29 is 18.3 Å². The molecular weight excluding hydrogens is 302 g/mol. The van der Waals surface area contributed by atoms with Gasteiger partial charge in [-0.1, -0.05) is 24.3 Å². The number of nitrogens with zero attached hydrogens (tertiary/aromatic N) is 1. The summed E-state index contributed by atoms with van der Waals surface area (Å²) in [6, 6.07) is 9.46. The molecule has 120 valence electrons. The molecule has 0 saturated heterocycles. The summed E-state index contributed by atoms with van der Waals surface area (Å²) < 4.78 is 29.3. The van der Waals surface area contributed by atoms with E-state index in [4.69, 9.17) is 0 Å². The number of benzene rings is 1. The number of amides is 1. The molecule has 1 atom stereocenters. The van der Waals surface area contributed by atoms with Gasteiger partial charge in [0.05, 0.1) is 6.04 Å². The molecular formula is C17H16F2N2O2. The van der Waals surface area contributed by atoms with Gasteiger partial charge in [-0.3, -0.25) is 9.78 Å². The molecule has 4 nitrogen and oxygen atoms in total. The van der Waals surface area contributed by atoms with Gasteiger partial charge in [0.2, 0.25) is 5.91 Å². The molecule has 6 heteroatoms. The number of pyridine rings is 1. The summed E-state index contributed by atoms with van der Waals surface area (Å²) in [5.41, 5.74) is 1.27. The molecule has 23 heavy (non-hydrogen) atoms. The molecule has 1 aromatic carbocycles. The maximum absolute atomic E-state index is 12.4. The normalized spacial score (nSPS) is 12.3. The monoisotopic (exact) mass is 318 g/mol. The fourth-order valence-electron chi connectivity index (χ4n) is 2.03. The van der Waals surface area contributed by atoms with E-state index in [0.29, 0.717) is 5.56 Å². The number of carbonyl (C=O) groups is 1. The SMILES string of the molecule is CC(NC(=O)C=Cc1cccnc1)c1ccccc1OC(F)F. The number of halogens is 2. The first kappa shape index (κ1) is 16.6. The maximum atomic E-state index is 12.4. The predicted molar refractivity (Wildman–Crippen MR) is 82.9 cm³/mol. The van der Waals surface area contributed by atoms with Gasteiger partial charge in [0, 0.05) is 24.0 Å². The maximum Gasteiger partial charge on any atom is 0.387 e. The molecule has 0 fully saturated rings. The zero-order chi connectivity index (χ0) is 16.7. The summed E-state index contributed by atoms with van der Waals surface area (Å²) in [4.78, 5) is 15.9. The standard InChI is InChI=1S/C17H16F2N2O2/c1-12(14-6-2-3-7-15(14)23-17(18)19)21-16(22)9-8-13-5-4-10-20-11-13/h2-12,17H,1H3,(H,21,22). The lowest BCUT2D eigenvalue weighted by Gasteiger charge is -2.17. The van der Waals surface area contributed by atoms with E-state index in [2.05, 4.69) is 15.0 Å². The Hall–Kier alpha value is -2.76. The first-order valence-corrected chi connectivity index (χ1v) is 6.98. The first-order chi connectivity index (χ1) is 11.1. The second kappa shape index (κ2) is 8.03. The average molecular weight is 318 g/mol. The third-order valence-electron chi connectivity index (χ3n) is 3.07. The number of alkyl halides is 2. The van der Waals surface area contributed by atoms with Crippen molar-refractivity contribution in [2.75, 3.05) is 0 Å². The lowest BCUT2D eigenvalue weighted by molar-refractivity contribution is -0.117. The third-order valence-corrected chi connectivity index (χ3v) is 3.07. The molecule has 0 aliphatic rings. The van der Waals surface area contributed by atoms with Crippen molar-refractivity contribution in [3.05, 3.63) is 66.0 Å². The van der Waals surface area contributed by atoms with Crippen molar-refractivity contribution in [1.82, 2.24) is 10.3 Å². The van der Waals surface area contributed by atoms with E-state index in [-0.39, 0.29) is 11.7 Å². The van der Waals surface area contributed by atoms with Crippen LogP contribution in [0.5, 0.6) is 5.75 Å². The molecule has 0 bridgehead atoms. The highest BCUT2D eigenvalue weighted by molar-refractivity contribution is 5.91. The molecule has 1 amide bonds. The van der Waals surface area contributed by atoms with E-state index < -0.39 is 12.7 Å². The van der Waals surface area contributed by atoms with E-state index in [1.165, 1.54) is 12.1 Å². The highest BCUT2D eigenvalue weighted by Crippen LogP contribution is 2.26. The van der Waals surface area contributed by atoms with Crippen LogP contribution in [0.2, 0.25) is 0 Å². The van der Waals surface area contributed by atoms with Gasteiger partial charge in [-0.05, 0) is 30.7 Å². The summed E-state index contributed by atoms with van der Waals surface area (Å²) in [6.45, 7) is -1.21. The third kappa shape index (κ3) is 5.18. The molecule has 1 heterocycles. The van der Waals surface area contributed by atoms with Gasteiger partial charge in [0.1, 0.15) is 5.75 Å². The summed E-state index contributed by atoms with van der Waals surface area (Å²) in [7, 11) is 0. The van der Waals surface area contributed by atoms with Crippen LogP contribution in [0.3, 0.4) is 0 Å². The highest BCUT2D eigenvalue weighted by Gasteiger charge is 2.15. The van der Waals surface area contributed by atoms with Gasteiger partial charge in [-0.2, -0.15) is 8.78 Å². The van der Waals surface area contributed by atoms with Crippen LogP contribution in [-0.4, -0.2) is 17.5 Å². The molecule has 0 aliphatic carbocycles. The molecule has 0 saturated carbocycles. The van der Waals surface area contributed by atoms with Gasteiger partial charge in [-0.15, -0.1) is 0 Å².